The van der Waals surface area contributed by atoms with E-state index >= 15 is 4.39 Å². The molecule has 0 aliphatic carbocycles. The summed E-state index contributed by atoms with van der Waals surface area (Å²) in [5.41, 5.74) is 3.28. The van der Waals surface area contributed by atoms with Gasteiger partial charge in [-0.2, -0.15) is 23.1 Å². The molecule has 0 saturated carbocycles. The maximum Gasteiger partial charge on any atom is 0.418 e. The lowest BCUT2D eigenvalue weighted by molar-refractivity contribution is -0.138. The summed E-state index contributed by atoms with van der Waals surface area (Å²) in [5.74, 6) is -0.752. The number of anilines is 2. The van der Waals surface area contributed by atoms with Crippen molar-refractivity contribution in [3.05, 3.63) is 39.5 Å². The summed E-state index contributed by atoms with van der Waals surface area (Å²) in [6, 6.07) is -0.148. The maximum atomic E-state index is 16.3. The molecule has 0 bridgehead atoms. The molecule has 37 heavy (non-hydrogen) atoms. The molecule has 1 aliphatic heterocycles. The van der Waals surface area contributed by atoms with Gasteiger partial charge < -0.3 is 25.8 Å². The highest BCUT2D eigenvalue weighted by Gasteiger charge is 2.38. The van der Waals surface area contributed by atoms with Gasteiger partial charge in [-0.3, -0.25) is 0 Å². The van der Waals surface area contributed by atoms with Crippen LogP contribution in [0.25, 0.3) is 17.2 Å². The number of nitrogens with zero attached hydrogens (tertiary/aromatic N) is 3. The lowest BCUT2D eigenvalue weighted by atomic mass is 9.93. The molecule has 3 rings (SSSR count). The highest BCUT2D eigenvalue weighted by molar-refractivity contribution is 5.95. The van der Waals surface area contributed by atoms with Crippen molar-refractivity contribution in [3.63, 3.8) is 0 Å². The van der Waals surface area contributed by atoms with E-state index in [2.05, 4.69) is 32.2 Å². The molecule has 12 heteroatoms. The number of ether oxygens (including phenoxy) is 2. The van der Waals surface area contributed by atoms with Crippen LogP contribution >= 0.6 is 0 Å². The third-order valence-electron chi connectivity index (χ3n) is 6.14. The van der Waals surface area contributed by atoms with Crippen LogP contribution in [-0.2, 0) is 10.9 Å². The first-order valence-electron chi connectivity index (χ1n) is 11.8. The minimum absolute atomic E-state index is 0.0337. The molecule has 1 aliphatic rings. The van der Waals surface area contributed by atoms with E-state index in [4.69, 9.17) is 15.2 Å². The Morgan fingerprint density at radius 2 is 1.84 bits per heavy atom. The monoisotopic (exact) mass is 524 g/mol. The zero-order valence-corrected chi connectivity index (χ0v) is 21.7. The molecule has 3 heterocycles. The number of methoxy groups -OCH3 is 1. The fraction of sp³-hybridized carbons (Fsp3) is 0.480. The van der Waals surface area contributed by atoms with E-state index in [1.54, 1.807) is 6.92 Å². The minimum Gasteiger partial charge on any atom is -0.494 e. The Morgan fingerprint density at radius 1 is 1.16 bits per heavy atom. The van der Waals surface area contributed by atoms with E-state index in [0.29, 0.717) is 25.3 Å². The smallest absolute Gasteiger partial charge is 0.418 e. The van der Waals surface area contributed by atoms with Crippen molar-refractivity contribution < 1.29 is 27.0 Å². The fourth-order valence-corrected chi connectivity index (χ4v) is 4.22. The number of hydrogen-bond donors (Lipinski definition) is 3. The first-order valence-corrected chi connectivity index (χ1v) is 11.8. The molecule has 4 N–H and O–H groups in total. The second kappa shape index (κ2) is 10.9. The topological polar surface area (TPSA) is 107 Å². The number of hydrogen-bond acceptors (Lipinski definition) is 8. The number of alkyl halides is 3. The Labute approximate surface area is 212 Å². The van der Waals surface area contributed by atoms with Crippen LogP contribution in [0.4, 0.5) is 29.2 Å². The Bertz CT molecular complexity index is 1330. The van der Waals surface area contributed by atoms with Gasteiger partial charge in [0.2, 0.25) is 0 Å². The lowest BCUT2D eigenvalue weighted by Gasteiger charge is -2.20. The number of rotatable bonds is 3. The third kappa shape index (κ3) is 5.95. The van der Waals surface area contributed by atoms with E-state index in [-0.39, 0.29) is 51.6 Å². The van der Waals surface area contributed by atoms with Crippen molar-refractivity contribution in [1.82, 2.24) is 20.3 Å². The van der Waals surface area contributed by atoms with Crippen LogP contribution in [0.1, 0.15) is 49.6 Å². The van der Waals surface area contributed by atoms with E-state index in [1.165, 1.54) is 14.0 Å². The number of allylic oxidation sites excluding steroid dienone is 1. The normalized spacial score (nSPS) is 21.1. The number of aryl methyl sites for hydroxylation is 1. The summed E-state index contributed by atoms with van der Waals surface area (Å²) in [4.78, 5) is 12.3. The van der Waals surface area contributed by atoms with E-state index in [1.807, 2.05) is 13.8 Å². The quantitative estimate of drug-likeness (QED) is 0.526. The molecule has 2 aromatic rings. The molecule has 0 saturated heterocycles. The van der Waals surface area contributed by atoms with Crippen LogP contribution in [0.15, 0.2) is 6.58 Å². The number of halogens is 4. The summed E-state index contributed by atoms with van der Waals surface area (Å²) in [6.45, 7) is 12.8. The lowest BCUT2D eigenvalue weighted by Crippen LogP contribution is -2.39. The standard InChI is InChI=1S/C25H32F4N6O2/c1-11-10-32-23-18(16(6)37-12(2)8-9-31-11)21(34-24(35-23)36-7)20(26)13(3)17-14(4)22(30)33-15(5)19(17)25(27,28)29/h11-12,31H,3,8-10H2,1-2,4-7H3,(H2,30,33)(H,32,34,35)/b18-16-,21-20-. The van der Waals surface area contributed by atoms with E-state index in [0.717, 1.165) is 6.92 Å². The van der Waals surface area contributed by atoms with Gasteiger partial charge >= 0.3 is 12.2 Å². The Morgan fingerprint density at radius 3 is 2.46 bits per heavy atom. The van der Waals surface area contributed by atoms with Crippen molar-refractivity contribution in [2.45, 2.75) is 59.4 Å². The van der Waals surface area contributed by atoms with Crippen LogP contribution in [0.3, 0.4) is 0 Å². The Kier molecular flexibility index (Phi) is 8.31. The molecule has 8 nitrogen and oxygen atoms in total. The molecule has 2 aromatic heterocycles. The number of pyridine rings is 1. The zero-order chi connectivity index (χ0) is 27.7. The number of fused-ring (bicyclic) bond motifs is 1. The second-order valence-electron chi connectivity index (χ2n) is 9.04. The fourth-order valence-electron chi connectivity index (χ4n) is 4.22. The molecule has 202 valence electrons. The SMILES string of the molecule is C=C(/C(F)=c1/nc(OC)nc2/c1=C(/C)OC(C)CCNC(C)CN2)c1c(C)c(N)nc(C)c1C(F)(F)F. The number of nitrogen functional groups attached to an aromatic ring is 1. The van der Waals surface area contributed by atoms with Gasteiger partial charge in [-0.1, -0.05) is 6.58 Å². The highest BCUT2D eigenvalue weighted by atomic mass is 19.4. The molecule has 2 unspecified atom stereocenters. The van der Waals surface area contributed by atoms with Gasteiger partial charge in [0.25, 0.3) is 0 Å². The van der Waals surface area contributed by atoms with Crippen molar-refractivity contribution in [2.24, 2.45) is 0 Å². The Hall–Kier alpha value is -3.41. The molecule has 0 spiro atoms. The van der Waals surface area contributed by atoms with Gasteiger partial charge in [0.15, 0.2) is 5.83 Å². The van der Waals surface area contributed by atoms with Crippen LogP contribution < -0.4 is 31.7 Å². The van der Waals surface area contributed by atoms with Gasteiger partial charge in [-0.25, -0.2) is 9.37 Å². The molecule has 0 aromatic carbocycles. The van der Waals surface area contributed by atoms with E-state index in [9.17, 15) is 13.2 Å². The largest absolute Gasteiger partial charge is 0.494 e. The molecular formula is C25H32F4N6O2. The number of aromatic nitrogens is 3. The Balaban J connectivity index is 2.43. The summed E-state index contributed by atoms with van der Waals surface area (Å²) in [6.07, 6.45) is -4.40. The molecular weight excluding hydrogens is 492 g/mol. The van der Waals surface area contributed by atoms with Gasteiger partial charge in [0.1, 0.15) is 22.7 Å². The third-order valence-corrected chi connectivity index (χ3v) is 6.14. The predicted molar refractivity (Wildman–Crippen MR) is 135 cm³/mol. The first-order chi connectivity index (χ1) is 17.3. The molecule has 2 atom stereocenters. The van der Waals surface area contributed by atoms with Crippen molar-refractivity contribution >= 4 is 28.8 Å². The van der Waals surface area contributed by atoms with Crippen LogP contribution in [0, 0.1) is 13.8 Å². The second-order valence-corrected chi connectivity index (χ2v) is 9.04. The maximum absolute atomic E-state index is 16.3. The van der Waals surface area contributed by atoms with E-state index < -0.39 is 28.7 Å². The number of nitrogens with two attached hydrogens (primary N) is 1. The predicted octanol–water partition coefficient (Wildman–Crippen LogP) is 3.22. The average Bonchev–Trinajstić information content (AvgIpc) is 2.83. The van der Waals surface area contributed by atoms with Crippen molar-refractivity contribution in [2.75, 3.05) is 31.2 Å². The average molecular weight is 525 g/mol. The first kappa shape index (κ1) is 28.2. The van der Waals surface area contributed by atoms with Gasteiger partial charge in [-0.05, 0) is 53.1 Å². The van der Waals surface area contributed by atoms with Gasteiger partial charge in [0, 0.05) is 23.7 Å². The highest BCUT2D eigenvalue weighted by Crippen LogP contribution is 2.41. The van der Waals surface area contributed by atoms with Crippen LogP contribution in [0.5, 0.6) is 6.01 Å². The van der Waals surface area contributed by atoms with Crippen molar-refractivity contribution in [1.29, 1.82) is 0 Å². The van der Waals surface area contributed by atoms with Crippen LogP contribution in [0.2, 0.25) is 0 Å². The zero-order valence-electron chi connectivity index (χ0n) is 21.7. The minimum atomic E-state index is -4.83. The molecule has 0 fully saturated rings. The summed E-state index contributed by atoms with van der Waals surface area (Å²) in [7, 11) is 1.31. The van der Waals surface area contributed by atoms with Gasteiger partial charge in [0.05, 0.1) is 29.7 Å². The summed E-state index contributed by atoms with van der Waals surface area (Å²) in [5, 5.41) is 6.35. The molecule has 0 amide bonds. The van der Waals surface area contributed by atoms with Gasteiger partial charge in [-0.15, -0.1) is 0 Å². The van der Waals surface area contributed by atoms with Crippen LogP contribution in [-0.4, -0.2) is 47.3 Å². The number of nitrogens with one attached hydrogen (secondary N) is 2. The summed E-state index contributed by atoms with van der Waals surface area (Å²) >= 11 is 0. The molecule has 0 radical (unpaired) electrons. The van der Waals surface area contributed by atoms with Crippen molar-refractivity contribution in [3.8, 4) is 6.01 Å². The summed E-state index contributed by atoms with van der Waals surface area (Å²) < 4.78 is 69.7.